The van der Waals surface area contributed by atoms with Crippen LogP contribution >= 0.6 is 0 Å². The summed E-state index contributed by atoms with van der Waals surface area (Å²) in [6.45, 7) is 0. The van der Waals surface area contributed by atoms with Crippen LogP contribution in [-0.4, -0.2) is 14.5 Å². The lowest BCUT2D eigenvalue weighted by Crippen LogP contribution is -2.36. The van der Waals surface area contributed by atoms with Crippen molar-refractivity contribution in [1.82, 2.24) is 4.72 Å². The lowest BCUT2D eigenvalue weighted by Gasteiger charge is -2.21. The van der Waals surface area contributed by atoms with Crippen LogP contribution in [0.4, 0.5) is 4.39 Å². The summed E-state index contributed by atoms with van der Waals surface area (Å²) in [7, 11) is -3.40. The lowest BCUT2D eigenvalue weighted by atomic mass is 9.97. The van der Waals surface area contributed by atoms with E-state index in [1.807, 2.05) is 0 Å². The van der Waals surface area contributed by atoms with Crippen LogP contribution in [0.15, 0.2) is 24.3 Å². The van der Waals surface area contributed by atoms with E-state index in [4.69, 9.17) is 0 Å². The Hall–Kier alpha value is -0.940. The van der Waals surface area contributed by atoms with Crippen LogP contribution in [0.2, 0.25) is 0 Å². The van der Waals surface area contributed by atoms with E-state index in [2.05, 4.69) is 4.72 Å². The fourth-order valence-corrected chi connectivity index (χ4v) is 4.16. The molecule has 112 valence electrons. The maximum Gasteiger partial charge on any atom is 0.216 e. The van der Waals surface area contributed by atoms with Crippen molar-refractivity contribution in [3.05, 3.63) is 35.6 Å². The van der Waals surface area contributed by atoms with E-state index in [1.165, 1.54) is 37.5 Å². The van der Waals surface area contributed by atoms with Crippen molar-refractivity contribution in [2.45, 2.75) is 56.7 Å². The first-order valence-electron chi connectivity index (χ1n) is 7.30. The van der Waals surface area contributed by atoms with Gasteiger partial charge in [-0.2, -0.15) is 0 Å². The van der Waals surface area contributed by atoms with E-state index in [0.717, 1.165) is 25.7 Å². The first-order chi connectivity index (χ1) is 9.55. The molecule has 0 unspecified atom stereocenters. The van der Waals surface area contributed by atoms with Crippen molar-refractivity contribution in [3.8, 4) is 0 Å². The maximum absolute atomic E-state index is 13.1. The van der Waals surface area contributed by atoms with Crippen LogP contribution in [0.1, 0.15) is 50.5 Å². The molecule has 0 bridgehead atoms. The van der Waals surface area contributed by atoms with Crippen molar-refractivity contribution in [2.24, 2.45) is 0 Å². The normalized spacial score (nSPS) is 18.4. The Morgan fingerprint density at radius 3 is 2.40 bits per heavy atom. The minimum absolute atomic E-state index is 0.0360. The SMILES string of the molecule is O=S(=O)(Cc1cccc(F)c1)NC1CCCCCCC1. The molecule has 1 aromatic rings. The van der Waals surface area contributed by atoms with Gasteiger partial charge in [0.25, 0.3) is 0 Å². The molecule has 0 radical (unpaired) electrons. The molecule has 0 amide bonds. The van der Waals surface area contributed by atoms with Gasteiger partial charge in [0.2, 0.25) is 10.0 Å². The molecule has 1 aliphatic carbocycles. The first-order valence-corrected chi connectivity index (χ1v) is 8.95. The zero-order chi connectivity index (χ0) is 14.4. The van der Waals surface area contributed by atoms with Gasteiger partial charge in [-0.15, -0.1) is 0 Å². The summed E-state index contributed by atoms with van der Waals surface area (Å²) in [5.74, 6) is -0.551. The van der Waals surface area contributed by atoms with E-state index in [1.54, 1.807) is 6.07 Å². The fraction of sp³-hybridized carbons (Fsp3) is 0.600. The van der Waals surface area contributed by atoms with E-state index < -0.39 is 15.8 Å². The molecule has 2 rings (SSSR count). The molecule has 1 saturated carbocycles. The maximum atomic E-state index is 13.1. The van der Waals surface area contributed by atoms with Crippen LogP contribution in [-0.2, 0) is 15.8 Å². The van der Waals surface area contributed by atoms with Crippen molar-refractivity contribution in [3.63, 3.8) is 0 Å². The second-order valence-electron chi connectivity index (χ2n) is 5.55. The quantitative estimate of drug-likeness (QED) is 0.926. The molecule has 5 heteroatoms. The van der Waals surface area contributed by atoms with Crippen molar-refractivity contribution < 1.29 is 12.8 Å². The standard InChI is InChI=1S/C15H22FNO2S/c16-14-8-6-7-13(11-14)12-20(18,19)17-15-9-4-2-1-3-5-10-15/h6-8,11,15,17H,1-5,9-10,12H2. The Bertz CT molecular complexity index is 522. The van der Waals surface area contributed by atoms with Crippen molar-refractivity contribution in [2.75, 3.05) is 0 Å². The predicted molar refractivity (Wildman–Crippen MR) is 78.3 cm³/mol. The average molecular weight is 299 g/mol. The number of sulfonamides is 1. The van der Waals surface area contributed by atoms with Gasteiger partial charge >= 0.3 is 0 Å². The molecule has 1 aromatic carbocycles. The number of rotatable bonds is 4. The van der Waals surface area contributed by atoms with E-state index in [-0.39, 0.29) is 11.8 Å². The average Bonchev–Trinajstić information content (AvgIpc) is 2.31. The topological polar surface area (TPSA) is 46.2 Å². The molecule has 1 fully saturated rings. The summed E-state index contributed by atoms with van der Waals surface area (Å²) in [5.41, 5.74) is 0.489. The molecule has 20 heavy (non-hydrogen) atoms. The van der Waals surface area contributed by atoms with Gasteiger partial charge in [0, 0.05) is 6.04 Å². The molecule has 0 saturated heterocycles. The third-order valence-corrected chi connectivity index (χ3v) is 5.10. The smallest absolute Gasteiger partial charge is 0.212 e. The van der Waals surface area contributed by atoms with E-state index >= 15 is 0 Å². The van der Waals surface area contributed by atoms with Crippen LogP contribution < -0.4 is 4.72 Å². The minimum atomic E-state index is -3.40. The van der Waals surface area contributed by atoms with Gasteiger partial charge < -0.3 is 0 Å². The zero-order valence-electron chi connectivity index (χ0n) is 11.6. The summed E-state index contributed by atoms with van der Waals surface area (Å²) in [6, 6.07) is 5.81. The predicted octanol–water partition coefficient (Wildman–Crippen LogP) is 3.36. The highest BCUT2D eigenvalue weighted by Crippen LogP contribution is 2.18. The van der Waals surface area contributed by atoms with Crippen LogP contribution in [0.5, 0.6) is 0 Å². The summed E-state index contributed by atoms with van der Waals surface area (Å²) in [4.78, 5) is 0. The second kappa shape index (κ2) is 7.18. The van der Waals surface area contributed by atoms with Crippen LogP contribution in [0, 0.1) is 5.82 Å². The Morgan fingerprint density at radius 1 is 1.10 bits per heavy atom. The summed E-state index contributed by atoms with van der Waals surface area (Å²) in [5, 5.41) is 0. The largest absolute Gasteiger partial charge is 0.216 e. The number of benzene rings is 1. The molecule has 0 aliphatic heterocycles. The monoisotopic (exact) mass is 299 g/mol. The Labute approximate surface area is 120 Å². The third-order valence-electron chi connectivity index (χ3n) is 3.70. The molecular formula is C15H22FNO2S. The molecule has 1 aliphatic rings. The highest BCUT2D eigenvalue weighted by Gasteiger charge is 2.19. The third kappa shape index (κ3) is 5.21. The number of hydrogen-bond acceptors (Lipinski definition) is 2. The molecule has 0 aromatic heterocycles. The number of hydrogen-bond donors (Lipinski definition) is 1. The van der Waals surface area contributed by atoms with Gasteiger partial charge in [-0.25, -0.2) is 17.5 Å². The Kier molecular flexibility index (Phi) is 5.54. The highest BCUT2D eigenvalue weighted by molar-refractivity contribution is 7.88. The Balaban J connectivity index is 1.95. The van der Waals surface area contributed by atoms with Gasteiger partial charge in [0.05, 0.1) is 5.75 Å². The van der Waals surface area contributed by atoms with Gasteiger partial charge in [0.1, 0.15) is 5.82 Å². The van der Waals surface area contributed by atoms with Crippen molar-refractivity contribution in [1.29, 1.82) is 0 Å². The van der Waals surface area contributed by atoms with Gasteiger partial charge in [-0.1, -0.05) is 44.2 Å². The van der Waals surface area contributed by atoms with Gasteiger partial charge in [-0.05, 0) is 30.5 Å². The van der Waals surface area contributed by atoms with E-state index in [0.29, 0.717) is 5.56 Å². The Morgan fingerprint density at radius 2 is 1.75 bits per heavy atom. The molecule has 3 nitrogen and oxygen atoms in total. The van der Waals surface area contributed by atoms with Gasteiger partial charge in [-0.3, -0.25) is 0 Å². The first kappa shape index (κ1) is 15.4. The summed E-state index contributed by atoms with van der Waals surface area (Å²) in [6.07, 6.45) is 7.58. The number of halogens is 1. The molecule has 0 spiro atoms. The fourth-order valence-electron chi connectivity index (χ4n) is 2.72. The zero-order valence-corrected chi connectivity index (χ0v) is 12.5. The lowest BCUT2D eigenvalue weighted by molar-refractivity contribution is 0.426. The number of nitrogens with one attached hydrogen (secondary N) is 1. The van der Waals surface area contributed by atoms with Crippen molar-refractivity contribution >= 4 is 10.0 Å². The summed E-state index contributed by atoms with van der Waals surface area (Å²) < 4.78 is 40.2. The molecule has 0 atom stereocenters. The van der Waals surface area contributed by atoms with Crippen LogP contribution in [0.25, 0.3) is 0 Å². The summed E-state index contributed by atoms with van der Waals surface area (Å²) >= 11 is 0. The van der Waals surface area contributed by atoms with E-state index in [9.17, 15) is 12.8 Å². The van der Waals surface area contributed by atoms with Crippen LogP contribution in [0.3, 0.4) is 0 Å². The molecule has 0 heterocycles. The highest BCUT2D eigenvalue weighted by atomic mass is 32.2. The second-order valence-corrected chi connectivity index (χ2v) is 7.30. The molecule has 1 N–H and O–H groups in total. The minimum Gasteiger partial charge on any atom is -0.212 e. The molecular weight excluding hydrogens is 277 g/mol. The van der Waals surface area contributed by atoms with Gasteiger partial charge in [0.15, 0.2) is 0 Å².